The molecule has 1 unspecified atom stereocenters. The third-order valence-electron chi connectivity index (χ3n) is 3.14. The lowest BCUT2D eigenvalue weighted by Crippen LogP contribution is -2.40. The molecule has 19 heavy (non-hydrogen) atoms. The van der Waals surface area contributed by atoms with E-state index >= 15 is 0 Å². The zero-order chi connectivity index (χ0) is 14.6. The summed E-state index contributed by atoms with van der Waals surface area (Å²) in [6.07, 6.45) is 0.000909. The van der Waals surface area contributed by atoms with Crippen LogP contribution >= 0.6 is 0 Å². The van der Waals surface area contributed by atoms with Crippen molar-refractivity contribution < 1.29 is 14.3 Å². The monoisotopic (exact) mass is 287 g/mol. The molecule has 0 aliphatic carbocycles. The third-order valence-corrected chi connectivity index (χ3v) is 4.84. The van der Waals surface area contributed by atoms with Gasteiger partial charge in [0.05, 0.1) is 7.11 Å². The highest BCUT2D eigenvalue weighted by atomic mass is 28.3. The Labute approximate surface area is 116 Å². The largest absolute Gasteiger partial charge is 0.463 e. The number of rotatable bonds is 6. The summed E-state index contributed by atoms with van der Waals surface area (Å²) in [5.74, 6) is -0.0947. The number of methoxy groups -OCH3 is 1. The van der Waals surface area contributed by atoms with Gasteiger partial charge >= 0.3 is 5.97 Å². The highest BCUT2D eigenvalue weighted by Gasteiger charge is 2.32. The van der Waals surface area contributed by atoms with Gasteiger partial charge in [-0.15, -0.1) is 5.10 Å². The number of hydrogen-bond acceptors (Lipinski definition) is 6. The van der Waals surface area contributed by atoms with Gasteiger partial charge in [0, 0.05) is 21.7 Å². The summed E-state index contributed by atoms with van der Waals surface area (Å²) in [7, 11) is 2.11. The molecule has 0 saturated heterocycles. The molecule has 0 radical (unpaired) electrons. The van der Waals surface area contributed by atoms with Crippen molar-refractivity contribution in [2.45, 2.75) is 38.8 Å². The summed E-state index contributed by atoms with van der Waals surface area (Å²) in [5, 5.41) is 6.00. The molecule has 110 valence electrons. The van der Waals surface area contributed by atoms with Crippen LogP contribution in [0.25, 0.3) is 0 Å². The Morgan fingerprint density at radius 1 is 1.42 bits per heavy atom. The zero-order valence-electron chi connectivity index (χ0n) is 12.8. The third kappa shape index (κ3) is 4.50. The lowest BCUT2D eigenvalue weighted by Gasteiger charge is -2.25. The molecule has 0 aromatic rings. The Kier molecular flexibility index (Phi) is 5.36. The van der Waals surface area contributed by atoms with Gasteiger partial charge in [0.2, 0.25) is 5.84 Å². The lowest BCUT2D eigenvalue weighted by molar-refractivity contribution is -0.133. The first-order valence-electron chi connectivity index (χ1n) is 6.50. The minimum absolute atomic E-state index is 0.000909. The SMILES string of the molecule is COC(=O)C1=NN(COCC[Si](C)(C)C)C(C)N1C. The summed E-state index contributed by atoms with van der Waals surface area (Å²) in [6.45, 7) is 10.1. The van der Waals surface area contributed by atoms with Crippen LogP contribution in [0.4, 0.5) is 0 Å². The quantitative estimate of drug-likeness (QED) is 0.420. The number of likely N-dealkylation sites (N-methyl/N-ethyl adjacent to an activating group) is 1. The molecule has 0 N–H and O–H groups in total. The van der Waals surface area contributed by atoms with Crippen molar-refractivity contribution in [2.75, 3.05) is 27.5 Å². The highest BCUT2D eigenvalue weighted by Crippen LogP contribution is 2.15. The normalized spacial score (nSPS) is 19.7. The van der Waals surface area contributed by atoms with Crippen LogP contribution in [0.2, 0.25) is 25.7 Å². The predicted molar refractivity (Wildman–Crippen MR) is 77.5 cm³/mol. The van der Waals surface area contributed by atoms with E-state index in [0.717, 1.165) is 12.7 Å². The maximum Gasteiger partial charge on any atom is 0.375 e. The zero-order valence-corrected chi connectivity index (χ0v) is 13.8. The van der Waals surface area contributed by atoms with Gasteiger partial charge in [-0.25, -0.2) is 9.80 Å². The maximum absolute atomic E-state index is 11.5. The number of nitrogens with zero attached hydrogens (tertiary/aromatic N) is 3. The number of hydrazone groups is 1. The number of carbonyl (C=O) groups excluding carboxylic acids is 1. The van der Waals surface area contributed by atoms with Crippen molar-refractivity contribution in [3.63, 3.8) is 0 Å². The summed E-state index contributed by atoms with van der Waals surface area (Å²) >= 11 is 0. The van der Waals surface area contributed by atoms with Gasteiger partial charge in [0.15, 0.2) is 0 Å². The van der Waals surface area contributed by atoms with E-state index in [0.29, 0.717) is 12.6 Å². The van der Waals surface area contributed by atoms with E-state index < -0.39 is 14.0 Å². The molecule has 1 heterocycles. The van der Waals surface area contributed by atoms with Crippen molar-refractivity contribution in [3.05, 3.63) is 0 Å². The second-order valence-corrected chi connectivity index (χ2v) is 11.6. The molecule has 6 nitrogen and oxygen atoms in total. The summed E-state index contributed by atoms with van der Waals surface area (Å²) < 4.78 is 10.3. The summed E-state index contributed by atoms with van der Waals surface area (Å²) in [5.41, 5.74) is 0. The fourth-order valence-electron chi connectivity index (χ4n) is 1.60. The van der Waals surface area contributed by atoms with E-state index in [-0.39, 0.29) is 6.17 Å². The number of carbonyl (C=O) groups is 1. The number of esters is 1. The van der Waals surface area contributed by atoms with Gasteiger partial charge < -0.3 is 14.4 Å². The Morgan fingerprint density at radius 3 is 2.58 bits per heavy atom. The van der Waals surface area contributed by atoms with Crippen LogP contribution in [0.3, 0.4) is 0 Å². The Bertz CT molecular complexity index is 355. The maximum atomic E-state index is 11.5. The van der Waals surface area contributed by atoms with Gasteiger partial charge in [0.1, 0.15) is 12.9 Å². The molecule has 1 aliphatic rings. The molecule has 0 aromatic heterocycles. The van der Waals surface area contributed by atoms with Crippen LogP contribution in [0.15, 0.2) is 5.10 Å². The van der Waals surface area contributed by atoms with E-state index in [4.69, 9.17) is 9.47 Å². The molecule has 1 aliphatic heterocycles. The van der Waals surface area contributed by atoms with Crippen LogP contribution in [-0.2, 0) is 14.3 Å². The number of ether oxygens (including phenoxy) is 2. The molecular formula is C12H25N3O3Si. The van der Waals surface area contributed by atoms with E-state index in [1.54, 1.807) is 9.91 Å². The van der Waals surface area contributed by atoms with Crippen LogP contribution in [0.5, 0.6) is 0 Å². The lowest BCUT2D eigenvalue weighted by atomic mass is 10.4. The minimum atomic E-state index is -1.07. The summed E-state index contributed by atoms with van der Waals surface area (Å²) in [6, 6.07) is 1.12. The Hall–Kier alpha value is -1.08. The van der Waals surface area contributed by atoms with E-state index in [1.807, 2.05) is 14.0 Å². The first-order valence-corrected chi connectivity index (χ1v) is 10.2. The highest BCUT2D eigenvalue weighted by molar-refractivity contribution is 6.76. The van der Waals surface area contributed by atoms with Gasteiger partial charge in [-0.05, 0) is 13.0 Å². The van der Waals surface area contributed by atoms with Gasteiger partial charge in [-0.3, -0.25) is 0 Å². The molecule has 1 rings (SSSR count). The molecule has 0 bridgehead atoms. The molecule has 0 fully saturated rings. The molecule has 0 aromatic carbocycles. The second kappa shape index (κ2) is 6.38. The Morgan fingerprint density at radius 2 is 2.05 bits per heavy atom. The van der Waals surface area contributed by atoms with Gasteiger partial charge in [-0.1, -0.05) is 19.6 Å². The first kappa shape index (κ1) is 16.0. The molecule has 7 heteroatoms. The fourth-order valence-corrected chi connectivity index (χ4v) is 2.36. The van der Waals surface area contributed by atoms with E-state index in [2.05, 4.69) is 24.7 Å². The van der Waals surface area contributed by atoms with Crippen LogP contribution in [0, 0.1) is 0 Å². The average Bonchev–Trinajstić information content (AvgIpc) is 2.60. The number of amidine groups is 1. The smallest absolute Gasteiger partial charge is 0.375 e. The molecule has 0 spiro atoms. The second-order valence-electron chi connectivity index (χ2n) is 5.95. The predicted octanol–water partition coefficient (Wildman–Crippen LogP) is 1.38. The fraction of sp³-hybridized carbons (Fsp3) is 0.833. The van der Waals surface area contributed by atoms with E-state index in [1.165, 1.54) is 7.11 Å². The van der Waals surface area contributed by atoms with Crippen molar-refractivity contribution in [3.8, 4) is 0 Å². The Balaban J connectivity index is 2.46. The topological polar surface area (TPSA) is 54.4 Å². The van der Waals surface area contributed by atoms with Crippen LogP contribution in [0.1, 0.15) is 6.92 Å². The molecular weight excluding hydrogens is 262 g/mol. The van der Waals surface area contributed by atoms with Crippen molar-refractivity contribution in [1.82, 2.24) is 9.91 Å². The van der Waals surface area contributed by atoms with Crippen molar-refractivity contribution >= 4 is 19.9 Å². The average molecular weight is 287 g/mol. The van der Waals surface area contributed by atoms with Gasteiger partial charge in [-0.2, -0.15) is 0 Å². The first-order chi connectivity index (χ1) is 8.76. The van der Waals surface area contributed by atoms with Crippen molar-refractivity contribution in [1.29, 1.82) is 0 Å². The van der Waals surface area contributed by atoms with Gasteiger partial charge in [0.25, 0.3) is 0 Å². The van der Waals surface area contributed by atoms with Crippen LogP contribution < -0.4 is 0 Å². The van der Waals surface area contributed by atoms with E-state index in [9.17, 15) is 4.79 Å². The molecule has 0 amide bonds. The molecule has 0 saturated carbocycles. The van der Waals surface area contributed by atoms with Crippen LogP contribution in [-0.4, -0.2) is 63.4 Å². The number of hydrogen-bond donors (Lipinski definition) is 0. The minimum Gasteiger partial charge on any atom is -0.463 e. The molecule has 1 atom stereocenters. The summed E-state index contributed by atoms with van der Waals surface area (Å²) in [4.78, 5) is 13.3. The standard InChI is InChI=1S/C12H25N3O3Si/c1-10-14(2)11(12(16)17-3)13-15(10)9-18-7-8-19(4,5)6/h10H,7-9H2,1-6H3. The van der Waals surface area contributed by atoms with Crippen molar-refractivity contribution in [2.24, 2.45) is 5.10 Å².